The predicted molar refractivity (Wildman–Crippen MR) is 74.2 cm³/mol. The van der Waals surface area contributed by atoms with Crippen molar-refractivity contribution in [2.24, 2.45) is 5.73 Å². The summed E-state index contributed by atoms with van der Waals surface area (Å²) in [7, 11) is 1.35. The van der Waals surface area contributed by atoms with Gasteiger partial charge < -0.3 is 10.5 Å². The standard InChI is InChI=1S/C15H21NO3/c1-5-6-9(2)7-8-11-10(3)13(17)12(16)15(19-4)14(11)18/h7H,5-6,8,16H2,1-4H3/b9-7+. The van der Waals surface area contributed by atoms with Crippen molar-refractivity contribution in [2.75, 3.05) is 7.11 Å². The number of hydrogen-bond donors (Lipinski definition) is 1. The van der Waals surface area contributed by atoms with Crippen LogP contribution < -0.4 is 5.73 Å². The Morgan fingerprint density at radius 2 is 1.95 bits per heavy atom. The van der Waals surface area contributed by atoms with Gasteiger partial charge in [0.1, 0.15) is 5.70 Å². The van der Waals surface area contributed by atoms with Crippen LogP contribution in [-0.2, 0) is 14.3 Å². The fourth-order valence-corrected chi connectivity index (χ4v) is 2.09. The number of Topliss-reactive ketones (excluding diaryl/α,β-unsaturated/α-hetero) is 2. The molecule has 0 aromatic heterocycles. The molecule has 0 saturated carbocycles. The molecule has 1 aliphatic carbocycles. The SMILES string of the molecule is CCC/C(C)=C/CC1=C(C)C(=O)C(N)=C(OC)C1=O. The number of methoxy groups -OCH3 is 1. The molecule has 104 valence electrons. The van der Waals surface area contributed by atoms with Crippen LogP contribution in [0.2, 0.25) is 0 Å². The van der Waals surface area contributed by atoms with Crippen LogP contribution in [0.4, 0.5) is 0 Å². The van der Waals surface area contributed by atoms with E-state index >= 15 is 0 Å². The lowest BCUT2D eigenvalue weighted by Gasteiger charge is -2.18. The number of nitrogens with two attached hydrogens (primary N) is 1. The van der Waals surface area contributed by atoms with Crippen molar-refractivity contribution in [1.29, 1.82) is 0 Å². The molecule has 1 aliphatic rings. The summed E-state index contributed by atoms with van der Waals surface area (Å²) in [6, 6.07) is 0. The largest absolute Gasteiger partial charge is 0.491 e. The van der Waals surface area contributed by atoms with Gasteiger partial charge in [-0.2, -0.15) is 0 Å². The minimum atomic E-state index is -0.312. The van der Waals surface area contributed by atoms with Gasteiger partial charge in [0.15, 0.2) is 5.76 Å². The van der Waals surface area contributed by atoms with Crippen molar-refractivity contribution in [1.82, 2.24) is 0 Å². The lowest BCUT2D eigenvalue weighted by molar-refractivity contribution is -0.118. The maximum Gasteiger partial charge on any atom is 0.226 e. The Balaban J connectivity index is 3.04. The Bertz CT molecular complexity index is 496. The molecule has 2 N–H and O–H groups in total. The van der Waals surface area contributed by atoms with Crippen LogP contribution in [0.1, 0.15) is 40.0 Å². The first kappa shape index (κ1) is 15.2. The van der Waals surface area contributed by atoms with E-state index in [1.54, 1.807) is 6.92 Å². The van der Waals surface area contributed by atoms with E-state index in [2.05, 4.69) is 6.92 Å². The van der Waals surface area contributed by atoms with Gasteiger partial charge in [0.25, 0.3) is 0 Å². The second kappa shape index (κ2) is 6.36. The molecular weight excluding hydrogens is 242 g/mol. The van der Waals surface area contributed by atoms with E-state index < -0.39 is 0 Å². The van der Waals surface area contributed by atoms with Gasteiger partial charge in [0.2, 0.25) is 11.6 Å². The monoisotopic (exact) mass is 263 g/mol. The summed E-state index contributed by atoms with van der Waals surface area (Å²) in [5.74, 6) is -0.627. The molecule has 0 aromatic rings. The van der Waals surface area contributed by atoms with Crippen molar-refractivity contribution < 1.29 is 14.3 Å². The van der Waals surface area contributed by atoms with E-state index in [0.29, 0.717) is 17.6 Å². The molecule has 4 nitrogen and oxygen atoms in total. The Labute approximate surface area is 114 Å². The molecule has 0 fully saturated rings. The highest BCUT2D eigenvalue weighted by Gasteiger charge is 2.31. The first-order chi connectivity index (χ1) is 8.93. The lowest BCUT2D eigenvalue weighted by atomic mass is 9.90. The molecule has 19 heavy (non-hydrogen) atoms. The minimum absolute atomic E-state index is 0.0351. The molecule has 0 spiro atoms. The number of hydrogen-bond acceptors (Lipinski definition) is 4. The van der Waals surface area contributed by atoms with Gasteiger partial charge in [-0.15, -0.1) is 0 Å². The number of rotatable bonds is 5. The molecule has 0 saturated heterocycles. The zero-order valence-electron chi connectivity index (χ0n) is 12.0. The molecule has 0 radical (unpaired) electrons. The number of carbonyl (C=O) groups is 2. The summed E-state index contributed by atoms with van der Waals surface area (Å²) in [5, 5.41) is 0. The quantitative estimate of drug-likeness (QED) is 0.611. The van der Waals surface area contributed by atoms with E-state index in [0.717, 1.165) is 12.8 Å². The molecule has 0 aromatic carbocycles. The fourth-order valence-electron chi connectivity index (χ4n) is 2.09. The highest BCUT2D eigenvalue weighted by atomic mass is 16.5. The summed E-state index contributed by atoms with van der Waals surface area (Å²) in [6.45, 7) is 5.76. The Morgan fingerprint density at radius 3 is 2.47 bits per heavy atom. The molecule has 0 bridgehead atoms. The first-order valence-corrected chi connectivity index (χ1v) is 6.42. The fraction of sp³-hybridized carbons (Fsp3) is 0.467. The van der Waals surface area contributed by atoms with E-state index in [4.69, 9.17) is 10.5 Å². The Morgan fingerprint density at radius 1 is 1.32 bits per heavy atom. The minimum Gasteiger partial charge on any atom is -0.491 e. The van der Waals surface area contributed by atoms with Gasteiger partial charge in [0.05, 0.1) is 7.11 Å². The van der Waals surface area contributed by atoms with E-state index in [-0.39, 0.29) is 23.0 Å². The average Bonchev–Trinajstić information content (AvgIpc) is 2.37. The summed E-state index contributed by atoms with van der Waals surface area (Å²) in [6.07, 6.45) is 4.48. The molecule has 0 heterocycles. The maximum absolute atomic E-state index is 12.2. The van der Waals surface area contributed by atoms with Crippen LogP contribution in [0.15, 0.2) is 34.3 Å². The van der Waals surface area contributed by atoms with Gasteiger partial charge in [-0.3, -0.25) is 9.59 Å². The normalized spacial score (nSPS) is 17.4. The predicted octanol–water partition coefficient (Wildman–Crippen LogP) is 2.41. The van der Waals surface area contributed by atoms with Crippen LogP contribution in [0, 0.1) is 0 Å². The molecule has 1 rings (SSSR count). The van der Waals surface area contributed by atoms with Crippen LogP contribution in [-0.4, -0.2) is 18.7 Å². The number of ketones is 2. The van der Waals surface area contributed by atoms with Gasteiger partial charge in [0, 0.05) is 11.1 Å². The van der Waals surface area contributed by atoms with Crippen molar-refractivity contribution in [2.45, 2.75) is 40.0 Å². The maximum atomic E-state index is 12.2. The van der Waals surface area contributed by atoms with E-state index in [9.17, 15) is 9.59 Å². The Kier molecular flexibility index (Phi) is 5.10. The average molecular weight is 263 g/mol. The van der Waals surface area contributed by atoms with Crippen molar-refractivity contribution in [3.63, 3.8) is 0 Å². The van der Waals surface area contributed by atoms with E-state index in [1.165, 1.54) is 12.7 Å². The summed E-state index contributed by atoms with van der Waals surface area (Å²) in [4.78, 5) is 24.1. The molecular formula is C15H21NO3. The molecule has 0 aliphatic heterocycles. The zero-order chi connectivity index (χ0) is 14.6. The first-order valence-electron chi connectivity index (χ1n) is 6.42. The lowest BCUT2D eigenvalue weighted by Crippen LogP contribution is -2.28. The second-order valence-corrected chi connectivity index (χ2v) is 4.71. The third-order valence-corrected chi connectivity index (χ3v) is 3.27. The van der Waals surface area contributed by atoms with Gasteiger partial charge >= 0.3 is 0 Å². The van der Waals surface area contributed by atoms with Crippen molar-refractivity contribution in [3.8, 4) is 0 Å². The van der Waals surface area contributed by atoms with Crippen molar-refractivity contribution in [3.05, 3.63) is 34.3 Å². The topological polar surface area (TPSA) is 69.4 Å². The molecule has 0 amide bonds. The smallest absolute Gasteiger partial charge is 0.226 e. The van der Waals surface area contributed by atoms with Crippen LogP contribution in [0.5, 0.6) is 0 Å². The summed E-state index contributed by atoms with van der Waals surface area (Å²) in [5.41, 5.74) is 7.63. The zero-order valence-corrected chi connectivity index (χ0v) is 12.0. The highest BCUT2D eigenvalue weighted by molar-refractivity contribution is 6.23. The number of allylic oxidation sites excluding steroid dienone is 4. The molecule has 0 unspecified atom stereocenters. The molecule has 4 heteroatoms. The third-order valence-electron chi connectivity index (χ3n) is 3.27. The number of carbonyl (C=O) groups excluding carboxylic acids is 2. The second-order valence-electron chi connectivity index (χ2n) is 4.71. The number of ether oxygens (including phenoxy) is 1. The van der Waals surface area contributed by atoms with Gasteiger partial charge in [-0.1, -0.05) is 25.0 Å². The van der Waals surface area contributed by atoms with Crippen LogP contribution in [0.3, 0.4) is 0 Å². The summed E-state index contributed by atoms with van der Waals surface area (Å²) >= 11 is 0. The van der Waals surface area contributed by atoms with Crippen molar-refractivity contribution >= 4 is 11.6 Å². The third kappa shape index (κ3) is 3.13. The Hall–Kier alpha value is -1.84. The van der Waals surface area contributed by atoms with E-state index in [1.807, 2.05) is 13.0 Å². The van der Waals surface area contributed by atoms with Gasteiger partial charge in [-0.05, 0) is 26.7 Å². The van der Waals surface area contributed by atoms with Gasteiger partial charge in [-0.25, -0.2) is 0 Å². The summed E-state index contributed by atoms with van der Waals surface area (Å²) < 4.78 is 4.95. The van der Waals surface area contributed by atoms with Crippen LogP contribution >= 0.6 is 0 Å². The molecule has 0 atom stereocenters. The van der Waals surface area contributed by atoms with Crippen LogP contribution in [0.25, 0.3) is 0 Å². The highest BCUT2D eigenvalue weighted by Crippen LogP contribution is 2.25.